The molecule has 0 spiro atoms. The monoisotopic (exact) mass is 377 g/mol. The van der Waals surface area contributed by atoms with Crippen molar-refractivity contribution in [2.75, 3.05) is 0 Å². The highest BCUT2D eigenvalue weighted by Crippen LogP contribution is 2.66. The Labute approximate surface area is 168 Å². The molecule has 0 saturated heterocycles. The van der Waals surface area contributed by atoms with Crippen LogP contribution in [-0.2, 0) is 9.53 Å². The number of rotatable bonds is 3. The van der Waals surface area contributed by atoms with Gasteiger partial charge in [-0.25, -0.2) is 0 Å². The van der Waals surface area contributed by atoms with Crippen molar-refractivity contribution in [2.24, 2.45) is 28.6 Å². The van der Waals surface area contributed by atoms with E-state index in [1.165, 1.54) is 36.8 Å². The van der Waals surface area contributed by atoms with Gasteiger partial charge in [0.1, 0.15) is 6.10 Å². The highest BCUT2D eigenvalue weighted by atomic mass is 16.5. The second kappa shape index (κ2) is 6.57. The fraction of sp³-hybridized carbons (Fsp3) is 0.600. The van der Waals surface area contributed by atoms with Gasteiger partial charge in [-0.15, -0.1) is 0 Å². The Hall–Kier alpha value is -1.90. The van der Waals surface area contributed by atoms with Crippen molar-refractivity contribution < 1.29 is 9.53 Å². The normalized spacial score (nSPS) is 41.8. The Morgan fingerprint density at radius 1 is 1.11 bits per heavy atom. The minimum absolute atomic E-state index is 0.0903. The third kappa shape index (κ3) is 2.54. The maximum absolute atomic E-state index is 10.8. The lowest BCUT2D eigenvalue weighted by Gasteiger charge is -2.57. The minimum Gasteiger partial charge on any atom is -0.464 e. The van der Waals surface area contributed by atoms with E-state index in [-0.39, 0.29) is 11.5 Å². The molecule has 4 aliphatic rings. The van der Waals surface area contributed by atoms with Gasteiger partial charge in [-0.1, -0.05) is 37.6 Å². The number of pyridine rings is 1. The summed E-state index contributed by atoms with van der Waals surface area (Å²) in [5.74, 6) is 2.27. The Morgan fingerprint density at radius 3 is 2.75 bits per heavy atom. The largest absolute Gasteiger partial charge is 0.464 e. The molecule has 1 aromatic rings. The van der Waals surface area contributed by atoms with Crippen LogP contribution in [-0.4, -0.2) is 17.6 Å². The number of nitrogens with zero attached hydrogens (tertiary/aromatic N) is 1. The Balaban J connectivity index is 1.43. The predicted molar refractivity (Wildman–Crippen MR) is 110 cm³/mol. The number of ether oxygens (including phenoxy) is 1. The summed E-state index contributed by atoms with van der Waals surface area (Å²) in [4.78, 5) is 15.2. The smallest absolute Gasteiger partial charge is 0.293 e. The number of hydrogen-bond donors (Lipinski definition) is 0. The number of carbonyl (C=O) groups excluding carboxylic acids is 1. The Morgan fingerprint density at radius 2 is 1.96 bits per heavy atom. The van der Waals surface area contributed by atoms with Crippen molar-refractivity contribution in [1.82, 2.24) is 4.98 Å². The highest BCUT2D eigenvalue weighted by Gasteiger charge is 2.56. The van der Waals surface area contributed by atoms with E-state index in [0.717, 1.165) is 37.0 Å². The van der Waals surface area contributed by atoms with Crippen LogP contribution in [0.25, 0.3) is 5.57 Å². The number of carbonyl (C=O) groups is 1. The lowest BCUT2D eigenvalue weighted by Crippen LogP contribution is -2.50. The van der Waals surface area contributed by atoms with Gasteiger partial charge < -0.3 is 4.74 Å². The summed E-state index contributed by atoms with van der Waals surface area (Å²) in [6.07, 6.45) is 17.1. The van der Waals surface area contributed by atoms with Crippen LogP contribution in [0.15, 0.2) is 42.3 Å². The van der Waals surface area contributed by atoms with Crippen LogP contribution in [0.3, 0.4) is 0 Å². The van der Waals surface area contributed by atoms with Gasteiger partial charge in [0, 0.05) is 18.8 Å². The van der Waals surface area contributed by atoms with Crippen LogP contribution in [0.2, 0.25) is 0 Å². The van der Waals surface area contributed by atoms with Gasteiger partial charge in [-0.2, -0.15) is 0 Å². The molecule has 0 N–H and O–H groups in total. The van der Waals surface area contributed by atoms with Gasteiger partial charge >= 0.3 is 0 Å². The first kappa shape index (κ1) is 18.1. The molecule has 0 radical (unpaired) electrons. The van der Waals surface area contributed by atoms with E-state index in [1.54, 1.807) is 5.57 Å². The second-order valence-electron chi connectivity index (χ2n) is 9.91. The molecule has 4 aliphatic carbocycles. The van der Waals surface area contributed by atoms with Gasteiger partial charge in [0.15, 0.2) is 0 Å². The van der Waals surface area contributed by atoms with Crippen molar-refractivity contribution in [3.05, 3.63) is 47.8 Å². The lowest BCUT2D eigenvalue weighted by molar-refractivity contribution is -0.135. The molecule has 148 valence electrons. The second-order valence-corrected chi connectivity index (χ2v) is 9.91. The molecule has 2 fully saturated rings. The molecule has 0 aromatic carbocycles. The van der Waals surface area contributed by atoms with Gasteiger partial charge in [0.05, 0.1) is 0 Å². The summed E-state index contributed by atoms with van der Waals surface area (Å²) in [6.45, 7) is 5.64. The van der Waals surface area contributed by atoms with Gasteiger partial charge in [-0.3, -0.25) is 9.78 Å². The topological polar surface area (TPSA) is 39.2 Å². The van der Waals surface area contributed by atoms with Crippen LogP contribution >= 0.6 is 0 Å². The fourth-order valence-corrected chi connectivity index (χ4v) is 7.36. The first-order chi connectivity index (χ1) is 13.6. The van der Waals surface area contributed by atoms with E-state index in [1.807, 2.05) is 12.4 Å². The zero-order chi connectivity index (χ0) is 19.4. The Bertz CT molecular complexity index is 828. The van der Waals surface area contributed by atoms with Crippen molar-refractivity contribution in [1.29, 1.82) is 0 Å². The summed E-state index contributed by atoms with van der Waals surface area (Å²) in [5.41, 5.74) is 4.99. The van der Waals surface area contributed by atoms with Crippen LogP contribution in [0.5, 0.6) is 0 Å². The molecule has 1 unspecified atom stereocenters. The SMILES string of the molecule is C[C@]12CC[C@H](OC=O)CC1=CCC1[C@@H]2CC[C@]2(C)C(c3cccnc3)=CC[C@@H]12. The third-order valence-electron chi connectivity index (χ3n) is 8.86. The van der Waals surface area contributed by atoms with Gasteiger partial charge in [0.25, 0.3) is 6.47 Å². The zero-order valence-corrected chi connectivity index (χ0v) is 17.1. The van der Waals surface area contributed by atoms with E-state index in [4.69, 9.17) is 4.74 Å². The first-order valence-corrected chi connectivity index (χ1v) is 11.0. The van der Waals surface area contributed by atoms with Crippen LogP contribution in [0.4, 0.5) is 0 Å². The summed E-state index contributed by atoms with van der Waals surface area (Å²) < 4.78 is 5.33. The summed E-state index contributed by atoms with van der Waals surface area (Å²) in [5, 5.41) is 0. The van der Waals surface area contributed by atoms with Crippen molar-refractivity contribution in [3.8, 4) is 0 Å². The van der Waals surface area contributed by atoms with Gasteiger partial charge in [-0.05, 0) is 84.3 Å². The predicted octanol–water partition coefficient (Wildman–Crippen LogP) is 5.58. The Kier molecular flexibility index (Phi) is 4.26. The van der Waals surface area contributed by atoms with Gasteiger partial charge in [0.2, 0.25) is 0 Å². The van der Waals surface area contributed by atoms with Crippen LogP contribution in [0, 0.1) is 28.6 Å². The number of aromatic nitrogens is 1. The zero-order valence-electron chi connectivity index (χ0n) is 17.1. The number of allylic oxidation sites excluding steroid dienone is 3. The molecule has 3 heteroatoms. The summed E-state index contributed by atoms with van der Waals surface area (Å²) in [7, 11) is 0. The molecule has 2 saturated carbocycles. The highest BCUT2D eigenvalue weighted by molar-refractivity contribution is 5.72. The molecule has 0 aliphatic heterocycles. The quantitative estimate of drug-likeness (QED) is 0.510. The summed E-state index contributed by atoms with van der Waals surface area (Å²) >= 11 is 0. The standard InChI is InChI=1S/C25H31NO2/c1-24-11-9-19(28-16-27)14-18(24)5-6-20-22-8-7-21(17-4-3-13-26-15-17)25(22,2)12-10-23(20)24/h3-5,7,13,15-16,19-20,22-23H,6,8-12,14H2,1-2H3/t19-,20?,22-,23-,24-,25+/m0/s1. The van der Waals surface area contributed by atoms with E-state index >= 15 is 0 Å². The first-order valence-electron chi connectivity index (χ1n) is 11.0. The minimum atomic E-state index is 0.0903. The molecular formula is C25H31NO2. The maximum atomic E-state index is 10.8. The van der Waals surface area contributed by atoms with Crippen LogP contribution < -0.4 is 0 Å². The maximum Gasteiger partial charge on any atom is 0.293 e. The molecule has 28 heavy (non-hydrogen) atoms. The molecule has 6 atom stereocenters. The average molecular weight is 378 g/mol. The molecule has 0 bridgehead atoms. The molecule has 1 aromatic heterocycles. The molecule has 1 heterocycles. The molecule has 5 rings (SSSR count). The molecule has 0 amide bonds. The number of hydrogen-bond acceptors (Lipinski definition) is 3. The van der Waals surface area contributed by atoms with Crippen LogP contribution in [0.1, 0.15) is 64.4 Å². The third-order valence-corrected chi connectivity index (χ3v) is 8.86. The number of fused-ring (bicyclic) bond motifs is 5. The lowest BCUT2D eigenvalue weighted by atomic mass is 9.47. The van der Waals surface area contributed by atoms with E-state index in [9.17, 15) is 4.79 Å². The molecule has 3 nitrogen and oxygen atoms in total. The van der Waals surface area contributed by atoms with E-state index in [2.05, 4.69) is 43.1 Å². The molecular weight excluding hydrogens is 346 g/mol. The van der Waals surface area contributed by atoms with E-state index < -0.39 is 0 Å². The van der Waals surface area contributed by atoms with Crippen molar-refractivity contribution in [2.45, 2.75) is 64.9 Å². The average Bonchev–Trinajstić information content (AvgIpc) is 3.06. The van der Waals surface area contributed by atoms with E-state index in [0.29, 0.717) is 11.9 Å². The fourth-order valence-electron chi connectivity index (χ4n) is 7.36. The van der Waals surface area contributed by atoms with Crippen molar-refractivity contribution >= 4 is 12.0 Å². The summed E-state index contributed by atoms with van der Waals surface area (Å²) in [6, 6.07) is 4.29. The van der Waals surface area contributed by atoms with Crippen molar-refractivity contribution in [3.63, 3.8) is 0 Å².